The van der Waals surface area contributed by atoms with Gasteiger partial charge in [0, 0.05) is 22.3 Å². The Bertz CT molecular complexity index is 869. The molecule has 2 aromatic carbocycles. The van der Waals surface area contributed by atoms with Gasteiger partial charge in [0.15, 0.2) is 0 Å². The summed E-state index contributed by atoms with van der Waals surface area (Å²) in [5, 5.41) is 0. The van der Waals surface area contributed by atoms with Gasteiger partial charge in [-0.1, -0.05) is 83.1 Å². The maximum Gasteiger partial charge on any atom is 0.248 e. The number of benzene rings is 2. The molecule has 0 aliphatic heterocycles. The topological polar surface area (TPSA) is 172 Å². The van der Waals surface area contributed by atoms with Gasteiger partial charge in [-0.2, -0.15) is 0 Å². The molecule has 2 saturated carbocycles. The van der Waals surface area contributed by atoms with Crippen LogP contribution in [0.1, 0.15) is 118 Å². The highest BCUT2D eigenvalue weighted by Gasteiger charge is 2.04. The minimum atomic E-state index is -0.571. The Kier molecular flexibility index (Phi) is 14.9. The van der Waals surface area contributed by atoms with Crippen molar-refractivity contribution < 1.29 is 19.2 Å². The highest BCUT2D eigenvalue weighted by molar-refractivity contribution is 5.98. The molecule has 0 spiro atoms. The van der Waals surface area contributed by atoms with E-state index in [-0.39, 0.29) is 11.1 Å². The van der Waals surface area contributed by atoms with Crippen molar-refractivity contribution in [2.24, 2.45) is 22.9 Å². The molecule has 0 atom stereocenters. The van der Waals surface area contributed by atoms with Gasteiger partial charge in [-0.25, -0.2) is 0 Å². The van der Waals surface area contributed by atoms with Gasteiger partial charge in [-0.15, -0.1) is 0 Å². The molecule has 8 heteroatoms. The van der Waals surface area contributed by atoms with Crippen LogP contribution in [0.4, 0.5) is 0 Å². The molecule has 0 bridgehead atoms. The highest BCUT2D eigenvalue weighted by Crippen LogP contribution is 2.16. The number of primary amides is 4. The van der Waals surface area contributed by atoms with E-state index in [0.717, 1.165) is 0 Å². The second-order valence-corrected chi connectivity index (χ2v) is 8.86. The SMILES string of the molecule is C1CCCCC1.C1CCCCC1.NC(=O)c1ccc(C(N)=O)cc1.NC(=O)c1cccc(C(N)=O)c1. The fraction of sp³-hybridized carbons (Fsp3) is 0.429. The zero-order valence-electron chi connectivity index (χ0n) is 21.0. The molecule has 2 aliphatic carbocycles. The Balaban J connectivity index is 0.000000252. The molecule has 4 amide bonds. The molecule has 2 fully saturated rings. The van der Waals surface area contributed by atoms with Crippen LogP contribution in [0.2, 0.25) is 0 Å². The van der Waals surface area contributed by atoms with Gasteiger partial charge in [-0.05, 0) is 42.5 Å². The molecule has 0 saturated heterocycles. The van der Waals surface area contributed by atoms with Crippen LogP contribution in [-0.2, 0) is 0 Å². The molecular weight excluding hydrogens is 456 g/mol. The zero-order chi connectivity index (χ0) is 26.8. The van der Waals surface area contributed by atoms with E-state index in [0.29, 0.717) is 11.1 Å². The monoisotopic (exact) mass is 496 g/mol. The summed E-state index contributed by atoms with van der Waals surface area (Å²) in [6.45, 7) is 0. The van der Waals surface area contributed by atoms with Crippen molar-refractivity contribution >= 4 is 23.6 Å². The Morgan fingerprint density at radius 2 is 0.611 bits per heavy atom. The first-order chi connectivity index (χ1) is 17.2. The Labute approximate surface area is 213 Å². The van der Waals surface area contributed by atoms with E-state index < -0.39 is 23.6 Å². The van der Waals surface area contributed by atoms with Gasteiger partial charge in [0.05, 0.1) is 0 Å². The first-order valence-corrected chi connectivity index (χ1v) is 12.6. The lowest BCUT2D eigenvalue weighted by Gasteiger charge is -2.05. The van der Waals surface area contributed by atoms with Crippen molar-refractivity contribution in [1.29, 1.82) is 0 Å². The average molecular weight is 497 g/mol. The van der Waals surface area contributed by atoms with E-state index in [4.69, 9.17) is 22.9 Å². The predicted molar refractivity (Wildman–Crippen MR) is 142 cm³/mol. The van der Waals surface area contributed by atoms with E-state index in [1.54, 1.807) is 6.07 Å². The third-order valence-corrected chi connectivity index (χ3v) is 5.89. The minimum absolute atomic E-state index is 0.284. The van der Waals surface area contributed by atoms with Crippen molar-refractivity contribution in [2.75, 3.05) is 0 Å². The van der Waals surface area contributed by atoms with Gasteiger partial charge in [0.2, 0.25) is 23.6 Å². The second kappa shape index (κ2) is 17.7. The first kappa shape index (κ1) is 30.4. The molecule has 2 aromatic rings. The number of hydrogen-bond donors (Lipinski definition) is 4. The van der Waals surface area contributed by atoms with E-state index in [9.17, 15) is 19.2 Å². The van der Waals surface area contributed by atoms with Crippen molar-refractivity contribution in [3.8, 4) is 0 Å². The van der Waals surface area contributed by atoms with Crippen LogP contribution in [0.15, 0.2) is 48.5 Å². The van der Waals surface area contributed by atoms with Gasteiger partial charge in [0.1, 0.15) is 0 Å². The van der Waals surface area contributed by atoms with Gasteiger partial charge in [0.25, 0.3) is 0 Å². The number of carbonyl (C=O) groups excluding carboxylic acids is 4. The quantitative estimate of drug-likeness (QED) is 0.490. The van der Waals surface area contributed by atoms with Crippen LogP contribution in [0.5, 0.6) is 0 Å². The molecule has 0 radical (unpaired) electrons. The average Bonchev–Trinajstić information content (AvgIpc) is 2.92. The molecule has 4 rings (SSSR count). The summed E-state index contributed by atoms with van der Waals surface area (Å²) in [7, 11) is 0. The van der Waals surface area contributed by atoms with E-state index >= 15 is 0 Å². The summed E-state index contributed by atoms with van der Waals surface area (Å²) in [5.74, 6) is -2.19. The zero-order valence-corrected chi connectivity index (χ0v) is 21.0. The summed E-state index contributed by atoms with van der Waals surface area (Å²) in [6.07, 6.45) is 18.0. The minimum Gasteiger partial charge on any atom is -0.366 e. The van der Waals surface area contributed by atoms with Crippen LogP contribution in [0.25, 0.3) is 0 Å². The third kappa shape index (κ3) is 13.3. The molecule has 36 heavy (non-hydrogen) atoms. The molecule has 0 unspecified atom stereocenters. The fourth-order valence-electron chi connectivity index (χ4n) is 3.75. The lowest BCUT2D eigenvalue weighted by Crippen LogP contribution is -2.14. The molecule has 196 valence electrons. The highest BCUT2D eigenvalue weighted by atomic mass is 16.2. The maximum absolute atomic E-state index is 10.6. The van der Waals surface area contributed by atoms with Gasteiger partial charge in [-0.3, -0.25) is 19.2 Å². The number of nitrogens with two attached hydrogens (primary N) is 4. The van der Waals surface area contributed by atoms with Crippen molar-refractivity contribution in [1.82, 2.24) is 0 Å². The number of carbonyl (C=O) groups is 4. The molecule has 0 heterocycles. The van der Waals surface area contributed by atoms with Crippen LogP contribution in [-0.4, -0.2) is 23.6 Å². The molecule has 8 nitrogen and oxygen atoms in total. The second-order valence-electron chi connectivity index (χ2n) is 8.86. The summed E-state index contributed by atoms with van der Waals surface area (Å²) >= 11 is 0. The van der Waals surface area contributed by atoms with Crippen LogP contribution >= 0.6 is 0 Å². The summed E-state index contributed by atoms with van der Waals surface area (Å²) in [4.78, 5) is 42.5. The van der Waals surface area contributed by atoms with Crippen molar-refractivity contribution in [3.63, 3.8) is 0 Å². The molecule has 8 N–H and O–H groups in total. The number of hydrogen-bond acceptors (Lipinski definition) is 4. The summed E-state index contributed by atoms with van der Waals surface area (Å²) in [5.41, 5.74) is 21.2. The fourth-order valence-corrected chi connectivity index (χ4v) is 3.75. The van der Waals surface area contributed by atoms with Crippen molar-refractivity contribution in [3.05, 3.63) is 70.8 Å². The smallest absolute Gasteiger partial charge is 0.248 e. The largest absolute Gasteiger partial charge is 0.366 e. The number of rotatable bonds is 4. The summed E-state index contributed by atoms with van der Waals surface area (Å²) in [6, 6.07) is 11.8. The van der Waals surface area contributed by atoms with Gasteiger partial charge < -0.3 is 22.9 Å². The van der Waals surface area contributed by atoms with Crippen LogP contribution in [0.3, 0.4) is 0 Å². The molecular formula is C28H40N4O4. The van der Waals surface area contributed by atoms with Crippen LogP contribution in [0, 0.1) is 0 Å². The van der Waals surface area contributed by atoms with E-state index in [1.807, 2.05) is 0 Å². The first-order valence-electron chi connectivity index (χ1n) is 12.6. The summed E-state index contributed by atoms with van der Waals surface area (Å²) < 4.78 is 0. The lowest BCUT2D eigenvalue weighted by atomic mass is 10.0. The molecule has 2 aliphatic rings. The predicted octanol–water partition coefficient (Wildman–Crippen LogP) is 4.45. The van der Waals surface area contributed by atoms with Crippen molar-refractivity contribution in [2.45, 2.75) is 77.0 Å². The Hall–Kier alpha value is -3.68. The lowest BCUT2D eigenvalue weighted by molar-refractivity contribution is 0.0988. The van der Waals surface area contributed by atoms with Gasteiger partial charge >= 0.3 is 0 Å². The van der Waals surface area contributed by atoms with E-state index in [2.05, 4.69) is 0 Å². The Morgan fingerprint density at radius 3 is 0.806 bits per heavy atom. The number of amides is 4. The third-order valence-electron chi connectivity index (χ3n) is 5.89. The van der Waals surface area contributed by atoms with E-state index in [1.165, 1.54) is 120 Å². The standard InChI is InChI=1S/2C8H8N2O2.2C6H12/c9-7(11)5-1-2-6(4-3-5)8(10)12;9-7(11)5-2-1-3-6(4-5)8(10)12;2*1-2-4-6-5-3-1/h2*1-4H,(H2,9,11)(H2,10,12);2*1-6H2. The van der Waals surface area contributed by atoms with Crippen LogP contribution < -0.4 is 22.9 Å². The normalized spacial score (nSPS) is 14.2. The Morgan fingerprint density at radius 1 is 0.389 bits per heavy atom. The molecule has 0 aromatic heterocycles. The maximum atomic E-state index is 10.6.